The lowest BCUT2D eigenvalue weighted by Gasteiger charge is -2.32. The minimum Gasteiger partial charge on any atom is -0.437 e. The zero-order chi connectivity index (χ0) is 38.4. The summed E-state index contributed by atoms with van der Waals surface area (Å²) >= 11 is 0. The number of oxazole rings is 1. The van der Waals surface area contributed by atoms with Crippen molar-refractivity contribution in [3.8, 4) is 17.1 Å². The van der Waals surface area contributed by atoms with Crippen molar-refractivity contribution in [2.75, 3.05) is 0 Å². The maximum absolute atomic E-state index is 6.90. The van der Waals surface area contributed by atoms with Crippen LogP contribution in [0.4, 0.5) is 0 Å². The molecule has 7 rings (SSSR count). The average Bonchev–Trinajstić information content (AvgIpc) is 3.73. The highest BCUT2D eigenvalue weighted by molar-refractivity contribution is 6.77. The molecule has 5 nitrogen and oxygen atoms in total. The molecule has 1 aliphatic rings. The highest BCUT2D eigenvalue weighted by Gasteiger charge is 2.52. The monoisotopic (exact) mass is 666 g/mol. The van der Waals surface area contributed by atoms with E-state index in [9.17, 15) is 0 Å². The van der Waals surface area contributed by atoms with Gasteiger partial charge >= 0.3 is 7.12 Å². The van der Waals surface area contributed by atoms with Crippen LogP contribution in [0.3, 0.4) is 0 Å². The molecule has 0 saturated carbocycles. The first-order valence-corrected chi connectivity index (χ1v) is 18.9. The lowest BCUT2D eigenvalue weighted by molar-refractivity contribution is 0.00578. The van der Waals surface area contributed by atoms with Gasteiger partial charge in [0, 0.05) is 22.3 Å². The lowest BCUT2D eigenvalue weighted by Crippen LogP contribution is -2.57. The second kappa shape index (κ2) is 12.1. The SMILES string of the molecule is Bc1c(B)c(-c2nc3c(B)c(B4OC(C)(C)C(C)(C)O4)c(B)c(B)c3o2)c(B)c(-n2c3c(B)c(B)c(B)c(B)c3c3c(B)c(B)c(B)c(B)c32)c1B. The third-order valence-electron chi connectivity index (χ3n) is 14.2. The molecule has 0 radical (unpaired) electrons. The number of rotatable bonds is 3. The Balaban J connectivity index is 1.58. The summed E-state index contributed by atoms with van der Waals surface area (Å²) in [5, 5.41) is 2.74. The molecule has 1 fully saturated rings. The Morgan fingerprint density at radius 2 is 0.923 bits per heavy atom. The maximum Gasteiger partial charge on any atom is 0.493 e. The molecular weight excluding hydrogens is 621 g/mol. The molecule has 0 aliphatic carbocycles. The van der Waals surface area contributed by atoms with Gasteiger partial charge in [-0.2, -0.15) is 0 Å². The normalized spacial score (nSPS) is 15.4. The molecule has 21 heteroatoms. The Morgan fingerprint density at radius 3 is 1.40 bits per heavy atom. The van der Waals surface area contributed by atoms with E-state index in [1.165, 1.54) is 93.0 Å². The first kappa shape index (κ1) is 37.4. The molecule has 1 aliphatic heterocycles. The number of fused-ring (bicyclic) bond motifs is 4. The van der Waals surface area contributed by atoms with Gasteiger partial charge in [-0.1, -0.05) is 71.0 Å². The van der Waals surface area contributed by atoms with Crippen molar-refractivity contribution in [3.63, 3.8) is 0 Å². The summed E-state index contributed by atoms with van der Waals surface area (Å²) in [7, 11) is 33.4. The average molecular weight is 664 g/mol. The summed E-state index contributed by atoms with van der Waals surface area (Å²) in [5.41, 5.74) is 25.8. The number of benzene rings is 4. The smallest absolute Gasteiger partial charge is 0.437 e. The van der Waals surface area contributed by atoms with Crippen LogP contribution in [0.15, 0.2) is 4.42 Å². The second-order valence-corrected chi connectivity index (χ2v) is 17.1. The van der Waals surface area contributed by atoms with Crippen LogP contribution in [0, 0.1) is 0 Å². The van der Waals surface area contributed by atoms with Gasteiger partial charge in [0.25, 0.3) is 0 Å². The van der Waals surface area contributed by atoms with E-state index in [2.05, 4.69) is 150 Å². The summed E-state index contributed by atoms with van der Waals surface area (Å²) in [6.45, 7) is 8.42. The van der Waals surface area contributed by atoms with Crippen LogP contribution in [-0.4, -0.2) is 146 Å². The van der Waals surface area contributed by atoms with Crippen molar-refractivity contribution in [3.05, 3.63) is 0 Å². The fourth-order valence-electron chi connectivity index (χ4n) is 9.11. The third kappa shape index (κ3) is 4.82. The number of hydrogen-bond acceptors (Lipinski definition) is 4. The molecule has 3 heterocycles. The van der Waals surface area contributed by atoms with Gasteiger partial charge in [0.2, 0.25) is 5.89 Å². The molecule has 0 amide bonds. The van der Waals surface area contributed by atoms with Gasteiger partial charge in [0.05, 0.1) is 11.2 Å². The molecule has 0 atom stereocenters. The molecule has 4 aromatic carbocycles. The highest BCUT2D eigenvalue weighted by Crippen LogP contribution is 2.36. The zero-order valence-corrected chi connectivity index (χ0v) is 35.2. The first-order chi connectivity index (χ1) is 24.1. The maximum atomic E-state index is 6.90. The molecule has 6 aromatic rings. The van der Waals surface area contributed by atoms with Crippen LogP contribution in [0.5, 0.6) is 0 Å². The van der Waals surface area contributed by atoms with Crippen molar-refractivity contribution < 1.29 is 13.7 Å². The van der Waals surface area contributed by atoms with Gasteiger partial charge in [-0.3, -0.25) is 0 Å². The number of aromatic nitrogens is 2. The van der Waals surface area contributed by atoms with Crippen molar-refractivity contribution in [2.24, 2.45) is 0 Å². The van der Waals surface area contributed by atoms with Crippen LogP contribution in [-0.2, 0) is 9.31 Å². The standard InChI is InChI=1S/C31H42B16N2O3/c1-30(2)31(3,4)52-47(51-30)23-17(41)21(45)28-24(22(23)46)48-29(50-28)7-10(34)14(38)20(44)27(11(7)35)49-25-5(8(32)12(36)15(39)18(25)42)6-9(33)13(37)16(40)19(43)26(6)49/h32-46H2,1-4H3. The lowest BCUT2D eigenvalue weighted by atomic mass is 9.60. The Bertz CT molecular complexity index is 2520. The number of hydrogen-bond donors (Lipinski definition) is 0. The molecule has 0 bridgehead atoms. The van der Waals surface area contributed by atoms with Gasteiger partial charge in [-0.15, -0.1) is 10.9 Å². The third-order valence-corrected chi connectivity index (χ3v) is 14.2. The van der Waals surface area contributed by atoms with E-state index in [0.717, 1.165) is 38.5 Å². The van der Waals surface area contributed by atoms with Crippen molar-refractivity contribution in [1.82, 2.24) is 9.55 Å². The van der Waals surface area contributed by atoms with Crippen molar-refractivity contribution in [2.45, 2.75) is 38.9 Å². The molecule has 0 N–H and O–H groups in total. The molecule has 0 unspecified atom stereocenters. The van der Waals surface area contributed by atoms with E-state index in [1.807, 2.05) is 0 Å². The van der Waals surface area contributed by atoms with Gasteiger partial charge in [0.15, 0.2) is 0 Å². The largest absolute Gasteiger partial charge is 0.493 e. The molecule has 242 valence electrons. The van der Waals surface area contributed by atoms with E-state index in [1.54, 1.807) is 0 Å². The summed E-state index contributed by atoms with van der Waals surface area (Å²) in [5.74, 6) is 0.659. The van der Waals surface area contributed by atoms with E-state index >= 15 is 0 Å². The van der Waals surface area contributed by atoms with E-state index in [0.29, 0.717) is 5.89 Å². The predicted octanol–water partition coefficient (Wildman–Crippen LogP) is -19.2. The zero-order valence-electron chi connectivity index (χ0n) is 35.2. The van der Waals surface area contributed by atoms with Gasteiger partial charge in [-0.05, 0) is 43.9 Å². The van der Waals surface area contributed by atoms with Crippen LogP contribution >= 0.6 is 0 Å². The molecule has 0 spiro atoms. The fourth-order valence-corrected chi connectivity index (χ4v) is 9.11. The Hall–Kier alpha value is -2.89. The van der Waals surface area contributed by atoms with Gasteiger partial charge in [-0.25, -0.2) is 4.98 Å². The fraction of sp³-hybridized carbons (Fsp3) is 0.194. The van der Waals surface area contributed by atoms with Crippen LogP contribution in [0.1, 0.15) is 27.7 Å². The van der Waals surface area contributed by atoms with Crippen LogP contribution in [0.2, 0.25) is 0 Å². The Morgan fingerprint density at radius 1 is 0.481 bits per heavy atom. The van der Waals surface area contributed by atoms with E-state index in [-0.39, 0.29) is 0 Å². The van der Waals surface area contributed by atoms with Crippen LogP contribution in [0.25, 0.3) is 50.0 Å². The minimum absolute atomic E-state index is 0.437. The Kier molecular flexibility index (Phi) is 8.68. The molecular formula is C31H42B16N2O3. The highest BCUT2D eigenvalue weighted by atomic mass is 16.7. The molecule has 1 saturated heterocycles. The van der Waals surface area contributed by atoms with Gasteiger partial charge in [0.1, 0.15) is 129 Å². The summed E-state index contributed by atoms with van der Waals surface area (Å²) in [6, 6.07) is 0. The molecule has 2 aromatic heterocycles. The predicted molar refractivity (Wildman–Crippen MR) is 272 cm³/mol. The summed E-state index contributed by atoms with van der Waals surface area (Å²) < 4.78 is 22.7. The van der Waals surface area contributed by atoms with E-state index in [4.69, 9.17) is 18.7 Å². The topological polar surface area (TPSA) is 49.4 Å². The Labute approximate surface area is 323 Å². The van der Waals surface area contributed by atoms with Gasteiger partial charge < -0.3 is 18.3 Å². The van der Waals surface area contributed by atoms with Crippen LogP contribution < -0.4 is 87.4 Å². The first-order valence-electron chi connectivity index (χ1n) is 18.9. The summed E-state index contributed by atoms with van der Waals surface area (Å²) in [4.78, 5) is 5.36. The minimum atomic E-state index is -0.474. The second-order valence-electron chi connectivity index (χ2n) is 17.1. The van der Waals surface area contributed by atoms with Crippen molar-refractivity contribution >= 4 is 245 Å². The molecule has 52 heavy (non-hydrogen) atoms. The quantitative estimate of drug-likeness (QED) is 0.177. The van der Waals surface area contributed by atoms with E-state index < -0.39 is 18.3 Å². The summed E-state index contributed by atoms with van der Waals surface area (Å²) in [6.07, 6.45) is 0. The number of nitrogens with zero attached hydrogens (tertiary/aromatic N) is 2. The van der Waals surface area contributed by atoms with Crippen molar-refractivity contribution in [1.29, 1.82) is 0 Å².